The molecule has 0 unspecified atom stereocenters. The van der Waals surface area contributed by atoms with Crippen LogP contribution in [0.15, 0.2) is 73.1 Å². The van der Waals surface area contributed by atoms with Gasteiger partial charge in [0.2, 0.25) is 0 Å². The minimum absolute atomic E-state index is 0.0525. The molecule has 4 aromatic carbocycles. The molecule has 2 aromatic heterocycles. The third-order valence-corrected chi connectivity index (χ3v) is 9.23. The van der Waals surface area contributed by atoms with Gasteiger partial charge in [0.25, 0.3) is 0 Å². The van der Waals surface area contributed by atoms with Crippen LogP contribution in [0.5, 0.6) is 11.5 Å². The van der Waals surface area contributed by atoms with Crippen molar-refractivity contribution in [3.05, 3.63) is 110 Å². The second-order valence-electron chi connectivity index (χ2n) is 11.5. The Morgan fingerprint density at radius 1 is 0.759 bits per heavy atom. The van der Waals surface area contributed by atoms with Gasteiger partial charge in [0.1, 0.15) is 29.4 Å². The number of nitriles is 2. The summed E-state index contributed by atoms with van der Waals surface area (Å²) in [6.45, 7) is 0. The number of hydrogen-bond donors (Lipinski definition) is 3. The molecule has 0 spiro atoms. The lowest BCUT2D eigenvalue weighted by Crippen LogP contribution is -2.03. The fraction of sp³-hybridized carbons (Fsp3) is 0.125. The maximum Gasteiger partial charge on any atom is 0.139 e. The first kappa shape index (κ1) is 39.3. The molecule has 14 heteroatoms. The number of methoxy groups -OCH3 is 2. The lowest BCUT2D eigenvalue weighted by molar-refractivity contribution is -0.118. The number of nitrogens with one attached hydrogen (secondary N) is 2. The number of aromatic nitrogens is 2. The minimum Gasteiger partial charge on any atom is -0.495 e. The number of terminal acetylenes is 1. The maximum absolute atomic E-state index is 12.1. The monoisotopic (exact) mass is 795 g/mol. The van der Waals surface area contributed by atoms with Gasteiger partial charge in [-0.15, -0.1) is 12.3 Å². The van der Waals surface area contributed by atoms with E-state index in [-0.39, 0.29) is 12.2 Å². The zero-order chi connectivity index (χ0) is 38.9. The average molecular weight is 798 g/mol. The van der Waals surface area contributed by atoms with Crippen LogP contribution < -0.4 is 25.8 Å². The Labute approximate surface area is 331 Å². The molecule has 0 amide bonds. The number of nitrogen functional groups attached to an aromatic ring is 1. The predicted molar refractivity (Wildman–Crippen MR) is 217 cm³/mol. The summed E-state index contributed by atoms with van der Waals surface area (Å²) in [5.41, 5.74) is 11.5. The van der Waals surface area contributed by atoms with Gasteiger partial charge in [0.15, 0.2) is 0 Å². The Kier molecular flexibility index (Phi) is 12.9. The number of fused-ring (bicyclic) bond motifs is 2. The van der Waals surface area contributed by atoms with E-state index in [1.165, 1.54) is 26.6 Å². The van der Waals surface area contributed by atoms with Crippen molar-refractivity contribution in [2.75, 3.05) is 30.6 Å². The highest BCUT2D eigenvalue weighted by molar-refractivity contribution is 6.38. The van der Waals surface area contributed by atoms with E-state index < -0.39 is 0 Å². The highest BCUT2D eigenvalue weighted by Crippen LogP contribution is 2.39. The summed E-state index contributed by atoms with van der Waals surface area (Å²) < 4.78 is 10.5. The van der Waals surface area contributed by atoms with E-state index in [0.717, 1.165) is 10.9 Å². The Hall–Kier alpha value is -5.93. The number of Topliss-reactive ketones (excluding diaryl/α,β-unsaturated/α-hetero) is 1. The van der Waals surface area contributed by atoms with Crippen LogP contribution in [0.1, 0.15) is 29.5 Å². The standard InChI is InChI=1S/C23H17Cl2N3O2.C17H12Cl2N4O/c1-3-4-5-16(29)8-14-6-7-20-17(9-14)23(15(12-26)13-27-20)28-21-11-22(30-2)19(25)10-18(21)24;1-24-16-6-15(12(18)5-13(16)19)23-17-9(7-20)8-22-14-3-2-10(21)4-11(14)17/h1,6-7,9-11,13H,4-5,8H2,2H3,(H,27,28);2-6,8H,21H2,1H3,(H,22,23). The van der Waals surface area contributed by atoms with E-state index in [0.29, 0.717) is 100 Å². The lowest BCUT2D eigenvalue weighted by atomic mass is 10.0. The molecule has 6 rings (SSSR count). The smallest absolute Gasteiger partial charge is 0.139 e. The van der Waals surface area contributed by atoms with Gasteiger partial charge in [-0.05, 0) is 48.0 Å². The Morgan fingerprint density at radius 3 is 1.74 bits per heavy atom. The van der Waals surface area contributed by atoms with E-state index in [1.54, 1.807) is 42.5 Å². The Morgan fingerprint density at radius 2 is 1.26 bits per heavy atom. The number of ether oxygens (including phenoxy) is 2. The molecule has 0 aliphatic heterocycles. The first-order chi connectivity index (χ1) is 26.0. The van der Waals surface area contributed by atoms with Crippen molar-refractivity contribution in [3.8, 4) is 36.0 Å². The molecule has 0 saturated heterocycles. The SMILES string of the molecule is C#CCCC(=O)Cc1ccc2ncc(C#N)c(Nc3cc(OC)c(Cl)cc3Cl)c2c1.COc1cc(Nc2c(C#N)cnc3ccc(N)cc23)c(Cl)cc1Cl. The van der Waals surface area contributed by atoms with Gasteiger partial charge in [-0.3, -0.25) is 14.8 Å². The number of anilines is 5. The minimum atomic E-state index is 0.0525. The molecule has 54 heavy (non-hydrogen) atoms. The van der Waals surface area contributed by atoms with Crippen molar-refractivity contribution in [3.63, 3.8) is 0 Å². The highest BCUT2D eigenvalue weighted by atomic mass is 35.5. The molecular weight excluding hydrogens is 768 g/mol. The first-order valence-electron chi connectivity index (χ1n) is 16.0. The van der Waals surface area contributed by atoms with Gasteiger partial charge in [0, 0.05) is 60.2 Å². The number of halogens is 4. The number of nitrogens with two attached hydrogens (primary N) is 1. The molecule has 6 aromatic rings. The third kappa shape index (κ3) is 8.98. The number of benzene rings is 4. The Balaban J connectivity index is 0.000000213. The second-order valence-corrected chi connectivity index (χ2v) is 13.2. The van der Waals surface area contributed by atoms with Crippen LogP contribution >= 0.6 is 46.4 Å². The molecule has 0 saturated carbocycles. The zero-order valence-electron chi connectivity index (χ0n) is 28.7. The number of pyridine rings is 2. The molecule has 0 radical (unpaired) electrons. The topological polar surface area (TPSA) is 159 Å². The molecule has 0 aliphatic rings. The van der Waals surface area contributed by atoms with Crippen LogP contribution in [0.25, 0.3) is 21.8 Å². The van der Waals surface area contributed by atoms with Gasteiger partial charge in [0.05, 0.1) is 79.2 Å². The summed E-state index contributed by atoms with van der Waals surface area (Å²) in [6, 6.07) is 21.5. The molecule has 4 N–H and O–H groups in total. The summed E-state index contributed by atoms with van der Waals surface area (Å²) in [7, 11) is 3.02. The van der Waals surface area contributed by atoms with E-state index in [4.69, 9.17) is 68.0 Å². The van der Waals surface area contributed by atoms with Crippen molar-refractivity contribution >= 4 is 102 Å². The van der Waals surface area contributed by atoms with Gasteiger partial charge >= 0.3 is 0 Å². The summed E-state index contributed by atoms with van der Waals surface area (Å²) >= 11 is 24.8. The Bertz CT molecular complexity index is 2540. The maximum atomic E-state index is 12.1. The molecule has 0 bridgehead atoms. The molecule has 0 aliphatic carbocycles. The summed E-state index contributed by atoms with van der Waals surface area (Å²) in [5, 5.41) is 28.3. The van der Waals surface area contributed by atoms with Crippen molar-refractivity contribution < 1.29 is 14.3 Å². The number of hydrogen-bond acceptors (Lipinski definition) is 10. The van der Waals surface area contributed by atoms with Gasteiger partial charge in [-0.25, -0.2) is 0 Å². The zero-order valence-corrected chi connectivity index (χ0v) is 31.8. The fourth-order valence-corrected chi connectivity index (χ4v) is 6.37. The van der Waals surface area contributed by atoms with Crippen molar-refractivity contribution in [2.24, 2.45) is 0 Å². The molecule has 0 atom stereocenters. The van der Waals surface area contributed by atoms with Crippen molar-refractivity contribution in [1.29, 1.82) is 10.5 Å². The van der Waals surface area contributed by atoms with Crippen molar-refractivity contribution in [1.82, 2.24) is 9.97 Å². The molecule has 2 heterocycles. The highest BCUT2D eigenvalue weighted by Gasteiger charge is 2.16. The van der Waals surface area contributed by atoms with Crippen LogP contribution in [0, 0.1) is 35.0 Å². The molecule has 270 valence electrons. The van der Waals surface area contributed by atoms with Crippen LogP contribution in [0.4, 0.5) is 28.4 Å². The number of carbonyl (C=O) groups excluding carboxylic acids is 1. The van der Waals surface area contributed by atoms with E-state index in [2.05, 4.69) is 38.7 Å². The molecule has 10 nitrogen and oxygen atoms in total. The molecular formula is C40H29Cl4N7O3. The van der Waals surface area contributed by atoms with Gasteiger partial charge < -0.3 is 25.8 Å². The van der Waals surface area contributed by atoms with Crippen LogP contribution in [0.3, 0.4) is 0 Å². The average Bonchev–Trinajstić information content (AvgIpc) is 3.16. The van der Waals surface area contributed by atoms with Crippen LogP contribution in [-0.2, 0) is 11.2 Å². The molecule has 0 fully saturated rings. The predicted octanol–water partition coefficient (Wildman–Crippen LogP) is 10.4. The van der Waals surface area contributed by atoms with E-state index in [1.807, 2.05) is 18.2 Å². The summed E-state index contributed by atoms with van der Waals surface area (Å²) in [6.07, 6.45) is 9.22. The largest absolute Gasteiger partial charge is 0.495 e. The fourth-order valence-electron chi connectivity index (χ4n) is 5.36. The van der Waals surface area contributed by atoms with Crippen LogP contribution in [-0.4, -0.2) is 30.0 Å². The lowest BCUT2D eigenvalue weighted by Gasteiger charge is -2.15. The number of ketones is 1. The third-order valence-electron chi connectivity index (χ3n) is 8.02. The van der Waals surface area contributed by atoms with Gasteiger partial charge in [-0.1, -0.05) is 52.5 Å². The number of rotatable bonds is 10. The first-order valence-corrected chi connectivity index (χ1v) is 17.5. The van der Waals surface area contributed by atoms with E-state index >= 15 is 0 Å². The quantitative estimate of drug-likeness (QED) is 0.0899. The number of nitrogens with zero attached hydrogens (tertiary/aromatic N) is 4. The van der Waals surface area contributed by atoms with Crippen molar-refractivity contribution in [2.45, 2.75) is 19.3 Å². The van der Waals surface area contributed by atoms with Crippen LogP contribution in [0.2, 0.25) is 20.1 Å². The van der Waals surface area contributed by atoms with E-state index in [9.17, 15) is 15.3 Å². The summed E-state index contributed by atoms with van der Waals surface area (Å²) in [4.78, 5) is 20.7. The normalized spacial score (nSPS) is 10.4. The number of carbonyl (C=O) groups is 1. The summed E-state index contributed by atoms with van der Waals surface area (Å²) in [5.74, 6) is 3.44. The second kappa shape index (κ2) is 17.7. The van der Waals surface area contributed by atoms with Gasteiger partial charge in [-0.2, -0.15) is 10.5 Å².